The van der Waals surface area contributed by atoms with E-state index in [4.69, 9.17) is 14.2 Å². The fourth-order valence-electron chi connectivity index (χ4n) is 4.48. The first-order valence-electron chi connectivity index (χ1n) is 13.3. The first-order valence-corrected chi connectivity index (χ1v) is 14.8. The molecule has 226 valence electrons. The fourth-order valence-corrected chi connectivity index (χ4v) is 5.67. The van der Waals surface area contributed by atoms with Gasteiger partial charge in [0.25, 0.3) is 10.0 Å². The molecule has 1 aliphatic heterocycles. The minimum absolute atomic E-state index is 0.218. The van der Waals surface area contributed by atoms with Crippen molar-refractivity contribution >= 4 is 26.6 Å². The van der Waals surface area contributed by atoms with Crippen molar-refractivity contribution in [2.75, 3.05) is 45.1 Å². The van der Waals surface area contributed by atoms with Crippen LogP contribution >= 0.6 is 0 Å². The highest BCUT2D eigenvalue weighted by molar-refractivity contribution is 7.92. The van der Waals surface area contributed by atoms with Gasteiger partial charge in [0.15, 0.2) is 28.0 Å². The van der Waals surface area contributed by atoms with Gasteiger partial charge in [-0.15, -0.1) is 0 Å². The number of rotatable bonds is 11. The maximum atomic E-state index is 15.0. The van der Waals surface area contributed by atoms with Crippen LogP contribution in [0.2, 0.25) is 0 Å². The van der Waals surface area contributed by atoms with Gasteiger partial charge in [-0.3, -0.25) is 9.71 Å². The zero-order valence-corrected chi connectivity index (χ0v) is 24.2. The number of sulfonamides is 1. The smallest absolute Gasteiger partial charge is 0.267 e. The fraction of sp³-hybridized carbons (Fsp3) is 0.233. The zero-order valence-electron chi connectivity index (χ0n) is 23.4. The zero-order chi connectivity index (χ0) is 30.6. The predicted molar refractivity (Wildman–Crippen MR) is 155 cm³/mol. The summed E-state index contributed by atoms with van der Waals surface area (Å²) in [5.41, 5.74) is 0.270. The Hall–Kier alpha value is -4.65. The predicted octanol–water partition coefficient (Wildman–Crippen LogP) is 5.74. The molecule has 3 aromatic carbocycles. The number of hydrogen-bond acceptors (Lipinski definition) is 8. The number of ether oxygens (including phenoxy) is 3. The summed E-state index contributed by atoms with van der Waals surface area (Å²) in [4.78, 5) is 7.58. The van der Waals surface area contributed by atoms with E-state index in [1.807, 2.05) is 18.0 Å². The van der Waals surface area contributed by atoms with Crippen LogP contribution in [-0.4, -0.2) is 63.6 Å². The Morgan fingerprint density at radius 1 is 0.907 bits per heavy atom. The molecule has 0 amide bonds. The number of fused-ring (bicyclic) bond motifs is 1. The lowest BCUT2D eigenvalue weighted by Gasteiger charge is -2.28. The molecule has 1 N–H and O–H groups in total. The van der Waals surface area contributed by atoms with Gasteiger partial charge >= 0.3 is 0 Å². The molecule has 1 aliphatic rings. The van der Waals surface area contributed by atoms with Crippen LogP contribution in [-0.2, 0) is 10.0 Å². The highest BCUT2D eigenvalue weighted by Gasteiger charge is 2.24. The van der Waals surface area contributed by atoms with Crippen LogP contribution in [0.15, 0.2) is 78.1 Å². The van der Waals surface area contributed by atoms with Crippen LogP contribution < -0.4 is 18.9 Å². The molecule has 0 saturated carbocycles. The molecule has 0 radical (unpaired) electrons. The van der Waals surface area contributed by atoms with E-state index >= 15 is 4.39 Å². The second kappa shape index (κ2) is 12.7. The SMILES string of the molecule is COc1cc2c(Oc3ccc(NS(=O)(=O)c4c(F)cccc4F)cc3F)ccnc2cc1OCCCN1C=CN(C)CC1. The van der Waals surface area contributed by atoms with Gasteiger partial charge in [-0.2, -0.15) is 0 Å². The van der Waals surface area contributed by atoms with Crippen molar-refractivity contribution in [2.45, 2.75) is 11.3 Å². The number of aromatic nitrogens is 1. The number of halogens is 3. The van der Waals surface area contributed by atoms with E-state index in [0.29, 0.717) is 29.0 Å². The highest BCUT2D eigenvalue weighted by atomic mass is 32.2. The number of methoxy groups -OCH3 is 1. The number of likely N-dealkylation sites (N-methyl/N-ethyl adjacent to an activating group) is 1. The molecule has 0 fully saturated rings. The van der Waals surface area contributed by atoms with E-state index in [1.165, 1.54) is 25.4 Å². The molecule has 0 aliphatic carbocycles. The second-order valence-electron chi connectivity index (χ2n) is 9.75. The largest absolute Gasteiger partial charge is 0.493 e. The van der Waals surface area contributed by atoms with Crippen LogP contribution in [0.3, 0.4) is 0 Å². The lowest BCUT2D eigenvalue weighted by molar-refractivity contribution is 0.244. The molecule has 0 atom stereocenters. The first kappa shape index (κ1) is 29.8. The van der Waals surface area contributed by atoms with Crippen LogP contribution in [0, 0.1) is 17.5 Å². The average Bonchev–Trinajstić information content (AvgIpc) is 2.97. The van der Waals surface area contributed by atoms with E-state index < -0.39 is 32.4 Å². The van der Waals surface area contributed by atoms with Crippen LogP contribution in [0.25, 0.3) is 10.9 Å². The number of benzene rings is 3. The number of pyridine rings is 1. The Morgan fingerprint density at radius 3 is 2.40 bits per heavy atom. The van der Waals surface area contributed by atoms with E-state index in [-0.39, 0.29) is 17.2 Å². The molecule has 0 spiro atoms. The van der Waals surface area contributed by atoms with Gasteiger partial charge < -0.3 is 24.0 Å². The maximum absolute atomic E-state index is 15.0. The van der Waals surface area contributed by atoms with Gasteiger partial charge in [-0.25, -0.2) is 21.6 Å². The number of anilines is 1. The minimum atomic E-state index is -4.67. The maximum Gasteiger partial charge on any atom is 0.267 e. The monoisotopic (exact) mass is 614 g/mol. The summed E-state index contributed by atoms with van der Waals surface area (Å²) >= 11 is 0. The second-order valence-corrected chi connectivity index (χ2v) is 11.4. The van der Waals surface area contributed by atoms with E-state index in [9.17, 15) is 17.2 Å². The lowest BCUT2D eigenvalue weighted by Crippen LogP contribution is -2.33. The third-order valence-corrected chi connectivity index (χ3v) is 8.13. The number of nitrogens with one attached hydrogen (secondary N) is 1. The molecular weight excluding hydrogens is 585 g/mol. The van der Waals surface area contributed by atoms with Gasteiger partial charge in [0.2, 0.25) is 0 Å². The quantitative estimate of drug-likeness (QED) is 0.214. The lowest BCUT2D eigenvalue weighted by atomic mass is 10.1. The van der Waals surface area contributed by atoms with Crippen LogP contribution in [0.1, 0.15) is 6.42 Å². The molecular formula is C30H29F3N4O5S. The summed E-state index contributed by atoms with van der Waals surface area (Å²) in [6.45, 7) is 3.23. The molecule has 0 saturated heterocycles. The summed E-state index contributed by atoms with van der Waals surface area (Å²) in [5.74, 6) is -2.48. The Kier molecular flexibility index (Phi) is 8.81. The molecule has 4 aromatic rings. The number of hydrogen-bond donors (Lipinski definition) is 1. The Labute approximate surface area is 247 Å². The van der Waals surface area contributed by atoms with Crippen molar-refractivity contribution in [3.63, 3.8) is 0 Å². The summed E-state index contributed by atoms with van der Waals surface area (Å²) in [6, 6.07) is 10.9. The van der Waals surface area contributed by atoms with Crippen LogP contribution in [0.5, 0.6) is 23.0 Å². The molecule has 9 nitrogen and oxygen atoms in total. The van der Waals surface area contributed by atoms with Crippen molar-refractivity contribution in [3.05, 3.63) is 90.6 Å². The molecule has 2 heterocycles. The van der Waals surface area contributed by atoms with Crippen molar-refractivity contribution in [1.82, 2.24) is 14.8 Å². The van der Waals surface area contributed by atoms with E-state index in [1.54, 1.807) is 18.2 Å². The third-order valence-electron chi connectivity index (χ3n) is 6.70. The van der Waals surface area contributed by atoms with Gasteiger partial charge in [0, 0.05) is 62.8 Å². The summed E-state index contributed by atoms with van der Waals surface area (Å²) in [5, 5.41) is 0.522. The minimum Gasteiger partial charge on any atom is -0.493 e. The van der Waals surface area contributed by atoms with Crippen molar-refractivity contribution in [2.24, 2.45) is 0 Å². The summed E-state index contributed by atoms with van der Waals surface area (Å²) in [6.07, 6.45) is 6.40. The Balaban J connectivity index is 1.30. The standard InChI is InChI=1S/C30H29F3N4O5S/c1-36-12-14-37(15-13-36)11-4-16-41-29-19-25-21(18-28(29)40-2)26(9-10-34-25)42-27-8-7-20(17-24(27)33)35-43(38,39)30-22(31)5-3-6-23(30)32/h3,5-10,12,14,17-19,35H,4,11,13,15-16H2,1-2H3. The molecule has 0 bridgehead atoms. The van der Waals surface area contributed by atoms with Crippen molar-refractivity contribution in [1.29, 1.82) is 0 Å². The summed E-state index contributed by atoms with van der Waals surface area (Å²) in [7, 11) is -1.13. The molecule has 5 rings (SSSR count). The van der Waals surface area contributed by atoms with Gasteiger partial charge in [0.1, 0.15) is 17.4 Å². The highest BCUT2D eigenvalue weighted by Crippen LogP contribution is 2.38. The average molecular weight is 615 g/mol. The number of nitrogens with zero attached hydrogens (tertiary/aromatic N) is 3. The third kappa shape index (κ3) is 6.88. The van der Waals surface area contributed by atoms with E-state index in [2.05, 4.69) is 21.0 Å². The Morgan fingerprint density at radius 2 is 1.70 bits per heavy atom. The molecule has 43 heavy (non-hydrogen) atoms. The topological polar surface area (TPSA) is 93.2 Å². The first-order chi connectivity index (χ1) is 20.6. The van der Waals surface area contributed by atoms with Gasteiger partial charge in [-0.05, 0) is 42.8 Å². The normalized spacial score (nSPS) is 13.3. The van der Waals surface area contributed by atoms with Crippen molar-refractivity contribution < 1.29 is 35.8 Å². The molecule has 0 unspecified atom stereocenters. The van der Waals surface area contributed by atoms with E-state index in [0.717, 1.165) is 50.3 Å². The van der Waals surface area contributed by atoms with Gasteiger partial charge in [0.05, 0.1) is 24.9 Å². The Bertz CT molecular complexity index is 1750. The van der Waals surface area contributed by atoms with Crippen LogP contribution in [0.4, 0.5) is 18.9 Å². The molecule has 1 aromatic heterocycles. The molecule has 13 heteroatoms. The van der Waals surface area contributed by atoms with Gasteiger partial charge in [-0.1, -0.05) is 6.07 Å². The van der Waals surface area contributed by atoms with Crippen molar-refractivity contribution in [3.8, 4) is 23.0 Å². The summed E-state index contributed by atoms with van der Waals surface area (Å²) < 4.78 is 87.5.